The molecule has 0 saturated carbocycles. The predicted molar refractivity (Wildman–Crippen MR) is 35.2 cm³/mol. The summed E-state index contributed by atoms with van der Waals surface area (Å²) in [7, 11) is 3.54. The molecule has 2 heteroatoms. The maximum Gasteiger partial charge on any atom is 0.0526 e. The van der Waals surface area contributed by atoms with E-state index >= 15 is 0 Å². The lowest BCUT2D eigenvalue weighted by Crippen LogP contribution is -2.05. The van der Waals surface area contributed by atoms with Crippen molar-refractivity contribution in [3.05, 3.63) is 5.32 Å². The normalized spacial score (nSPS) is 13.9. The van der Waals surface area contributed by atoms with Gasteiger partial charge >= 0.3 is 0 Å². The second-order valence-corrected chi connectivity index (χ2v) is 1.87. The standard InChI is InChI=1S/C6H14NO/c1-6(8-3)4-5-7-2/h6H,4-5H2,1-3H3/q-1. The van der Waals surface area contributed by atoms with Gasteiger partial charge in [-0.2, -0.15) is 7.05 Å². The average Bonchev–Trinajstić information content (AvgIpc) is 1.83. The Bertz CT molecular complexity index is 47.8. The third kappa shape index (κ3) is 4.09. The second kappa shape index (κ2) is 5.06. The molecule has 0 aromatic carbocycles. The fourth-order valence-electron chi connectivity index (χ4n) is 0.429. The highest BCUT2D eigenvalue weighted by molar-refractivity contribution is 4.70. The van der Waals surface area contributed by atoms with Crippen molar-refractivity contribution in [1.82, 2.24) is 0 Å². The number of hydrogen-bond donors (Lipinski definition) is 0. The summed E-state index contributed by atoms with van der Waals surface area (Å²) in [6.07, 6.45) is 1.39. The molecule has 0 aromatic rings. The first-order valence-corrected chi connectivity index (χ1v) is 2.89. The van der Waals surface area contributed by atoms with Crippen LogP contribution in [-0.4, -0.2) is 26.8 Å². The largest absolute Gasteiger partial charge is 0.665 e. The quantitative estimate of drug-likeness (QED) is 0.544. The minimum absolute atomic E-state index is 0.360. The van der Waals surface area contributed by atoms with E-state index < -0.39 is 0 Å². The molecule has 0 rings (SSSR count). The number of methoxy groups -OCH3 is 1. The molecule has 1 unspecified atom stereocenters. The Morgan fingerprint density at radius 2 is 2.25 bits per heavy atom. The highest BCUT2D eigenvalue weighted by atomic mass is 16.5. The molecular formula is C6H14NO-. The Morgan fingerprint density at radius 3 is 2.62 bits per heavy atom. The molecule has 0 aliphatic heterocycles. The van der Waals surface area contributed by atoms with Crippen LogP contribution in [0.25, 0.3) is 5.32 Å². The topological polar surface area (TPSA) is 23.3 Å². The summed E-state index contributed by atoms with van der Waals surface area (Å²) in [6, 6.07) is 0. The van der Waals surface area contributed by atoms with Crippen LogP contribution >= 0.6 is 0 Å². The first kappa shape index (κ1) is 7.92. The highest BCUT2D eigenvalue weighted by Crippen LogP contribution is 1.95. The van der Waals surface area contributed by atoms with E-state index in [0.29, 0.717) is 6.10 Å². The van der Waals surface area contributed by atoms with Gasteiger partial charge in [0.2, 0.25) is 0 Å². The summed E-state index contributed by atoms with van der Waals surface area (Å²) >= 11 is 0. The maximum atomic E-state index is 4.99. The SMILES string of the molecule is C[N-]CCC(C)OC. The summed E-state index contributed by atoms with van der Waals surface area (Å²) in [5, 5.41) is 3.94. The summed E-state index contributed by atoms with van der Waals surface area (Å²) in [4.78, 5) is 0. The third-order valence-electron chi connectivity index (χ3n) is 1.16. The number of nitrogens with zero attached hydrogens (tertiary/aromatic N) is 1. The van der Waals surface area contributed by atoms with Crippen LogP contribution in [0.2, 0.25) is 0 Å². The molecule has 0 spiro atoms. The third-order valence-corrected chi connectivity index (χ3v) is 1.16. The molecule has 0 fully saturated rings. The molecule has 0 bridgehead atoms. The molecule has 0 radical (unpaired) electrons. The van der Waals surface area contributed by atoms with Gasteiger partial charge in [0.25, 0.3) is 0 Å². The van der Waals surface area contributed by atoms with Gasteiger partial charge in [-0.25, -0.2) is 0 Å². The van der Waals surface area contributed by atoms with Crippen molar-refractivity contribution in [3.8, 4) is 0 Å². The van der Waals surface area contributed by atoms with Gasteiger partial charge in [-0.15, -0.1) is 6.54 Å². The lowest BCUT2D eigenvalue weighted by molar-refractivity contribution is 0.114. The van der Waals surface area contributed by atoms with Crippen LogP contribution in [0.15, 0.2) is 0 Å². The zero-order chi connectivity index (χ0) is 6.41. The Morgan fingerprint density at radius 1 is 1.62 bits per heavy atom. The summed E-state index contributed by atoms with van der Waals surface area (Å²) in [5.41, 5.74) is 0. The second-order valence-electron chi connectivity index (χ2n) is 1.87. The van der Waals surface area contributed by atoms with E-state index in [4.69, 9.17) is 4.74 Å². The molecule has 0 aromatic heterocycles. The molecule has 8 heavy (non-hydrogen) atoms. The molecule has 0 aliphatic carbocycles. The van der Waals surface area contributed by atoms with E-state index in [0.717, 1.165) is 13.0 Å². The highest BCUT2D eigenvalue weighted by Gasteiger charge is 1.91. The predicted octanol–water partition coefficient (Wildman–Crippen LogP) is 1.41. The van der Waals surface area contributed by atoms with Gasteiger partial charge in [0.05, 0.1) is 6.10 Å². The fourth-order valence-corrected chi connectivity index (χ4v) is 0.429. The number of rotatable bonds is 4. The molecule has 0 saturated heterocycles. The Kier molecular flexibility index (Phi) is 5.01. The molecule has 0 amide bonds. The van der Waals surface area contributed by atoms with E-state index in [2.05, 4.69) is 5.32 Å². The van der Waals surface area contributed by atoms with E-state index in [1.807, 2.05) is 14.0 Å². The zero-order valence-electron chi connectivity index (χ0n) is 5.85. The van der Waals surface area contributed by atoms with E-state index in [9.17, 15) is 0 Å². The van der Waals surface area contributed by atoms with Crippen molar-refractivity contribution in [3.63, 3.8) is 0 Å². The zero-order valence-corrected chi connectivity index (χ0v) is 5.85. The van der Waals surface area contributed by atoms with Crippen LogP contribution in [0.4, 0.5) is 0 Å². The first-order chi connectivity index (χ1) is 3.81. The Balaban J connectivity index is 2.86. The number of hydrogen-bond acceptors (Lipinski definition) is 1. The van der Waals surface area contributed by atoms with E-state index in [-0.39, 0.29) is 0 Å². The monoisotopic (exact) mass is 116 g/mol. The van der Waals surface area contributed by atoms with Crippen molar-refractivity contribution in [2.45, 2.75) is 19.4 Å². The van der Waals surface area contributed by atoms with Crippen LogP contribution in [-0.2, 0) is 4.74 Å². The van der Waals surface area contributed by atoms with Gasteiger partial charge < -0.3 is 10.1 Å². The van der Waals surface area contributed by atoms with Crippen molar-refractivity contribution in [1.29, 1.82) is 0 Å². The van der Waals surface area contributed by atoms with Gasteiger partial charge in [0, 0.05) is 7.11 Å². The van der Waals surface area contributed by atoms with Crippen LogP contribution < -0.4 is 0 Å². The maximum absolute atomic E-state index is 4.99. The van der Waals surface area contributed by atoms with Gasteiger partial charge in [0.1, 0.15) is 0 Å². The van der Waals surface area contributed by atoms with Gasteiger partial charge in [-0.3, -0.25) is 0 Å². The van der Waals surface area contributed by atoms with Gasteiger partial charge in [-0.1, -0.05) is 0 Å². The minimum Gasteiger partial charge on any atom is -0.665 e. The van der Waals surface area contributed by atoms with E-state index in [1.165, 1.54) is 0 Å². The van der Waals surface area contributed by atoms with Gasteiger partial charge in [-0.05, 0) is 13.3 Å². The Hall–Kier alpha value is -0.0800. The Labute approximate surface area is 51.2 Å². The van der Waals surface area contributed by atoms with Crippen molar-refractivity contribution >= 4 is 0 Å². The number of ether oxygens (including phenoxy) is 1. The molecule has 0 aliphatic rings. The molecule has 50 valence electrons. The van der Waals surface area contributed by atoms with Crippen molar-refractivity contribution in [2.24, 2.45) is 0 Å². The van der Waals surface area contributed by atoms with Crippen molar-refractivity contribution in [2.75, 3.05) is 20.7 Å². The fraction of sp³-hybridized carbons (Fsp3) is 1.00. The van der Waals surface area contributed by atoms with Crippen molar-refractivity contribution < 1.29 is 4.74 Å². The van der Waals surface area contributed by atoms with Crippen LogP contribution in [0.3, 0.4) is 0 Å². The van der Waals surface area contributed by atoms with Crippen LogP contribution in [0.5, 0.6) is 0 Å². The molecule has 1 atom stereocenters. The summed E-state index contributed by atoms with van der Waals surface area (Å²) < 4.78 is 4.99. The molecule has 0 N–H and O–H groups in total. The van der Waals surface area contributed by atoms with Crippen LogP contribution in [0.1, 0.15) is 13.3 Å². The minimum atomic E-state index is 0.360. The molecule has 0 heterocycles. The molecule has 2 nitrogen and oxygen atoms in total. The lowest BCUT2D eigenvalue weighted by atomic mass is 10.3. The van der Waals surface area contributed by atoms with E-state index in [1.54, 1.807) is 7.11 Å². The summed E-state index contributed by atoms with van der Waals surface area (Å²) in [5.74, 6) is 0. The average molecular weight is 116 g/mol. The lowest BCUT2D eigenvalue weighted by Gasteiger charge is -2.14. The van der Waals surface area contributed by atoms with Gasteiger partial charge in [0.15, 0.2) is 0 Å². The van der Waals surface area contributed by atoms with Crippen LogP contribution in [0, 0.1) is 0 Å². The molecular weight excluding hydrogens is 102 g/mol. The smallest absolute Gasteiger partial charge is 0.0526 e. The first-order valence-electron chi connectivity index (χ1n) is 2.89. The summed E-state index contributed by atoms with van der Waals surface area (Å²) in [6.45, 7) is 2.96.